The van der Waals surface area contributed by atoms with Gasteiger partial charge in [0.25, 0.3) is 0 Å². The molecule has 5 heteroatoms. The Morgan fingerprint density at radius 3 is 2.76 bits per heavy atom. The van der Waals surface area contributed by atoms with Crippen molar-refractivity contribution in [3.63, 3.8) is 0 Å². The largest absolute Gasteiger partial charge is 0.375 e. The van der Waals surface area contributed by atoms with E-state index < -0.39 is 0 Å². The highest BCUT2D eigenvalue weighted by atomic mass is 79.9. The lowest BCUT2D eigenvalue weighted by molar-refractivity contribution is 0.628. The Labute approximate surface area is 117 Å². The van der Waals surface area contributed by atoms with Gasteiger partial charge in [0.15, 0.2) is 0 Å². The quantitative estimate of drug-likeness (QED) is 0.784. The summed E-state index contributed by atoms with van der Waals surface area (Å²) in [6, 6.07) is 8.52. The minimum absolute atomic E-state index is 0.0410. The lowest BCUT2D eigenvalue weighted by Gasteiger charge is -2.14. The van der Waals surface area contributed by atoms with E-state index in [9.17, 15) is 4.39 Å². The van der Waals surface area contributed by atoms with Crippen LogP contribution in [0.3, 0.4) is 0 Å². The van der Waals surface area contributed by atoms with Crippen molar-refractivity contribution in [2.45, 2.75) is 13.0 Å². The third-order valence-electron chi connectivity index (χ3n) is 2.32. The zero-order valence-corrected chi connectivity index (χ0v) is 12.2. The van der Waals surface area contributed by atoms with E-state index in [1.165, 1.54) is 12.1 Å². The van der Waals surface area contributed by atoms with E-state index in [-0.39, 0.29) is 11.9 Å². The normalized spacial score (nSPS) is 12.5. The maximum absolute atomic E-state index is 13.5. The minimum Gasteiger partial charge on any atom is -0.375 e. The number of hydrogen-bond donors (Lipinski definition) is 1. The Morgan fingerprint density at radius 2 is 2.12 bits per heavy atom. The fourth-order valence-corrected chi connectivity index (χ4v) is 3.07. The van der Waals surface area contributed by atoms with Crippen molar-refractivity contribution in [2.75, 3.05) is 5.32 Å². The molecule has 2 aromatic rings. The molecular formula is C12H10BrClFNS. The fraction of sp³-hybridized carbons (Fsp3) is 0.167. The second-order valence-corrected chi connectivity index (χ2v) is 6.56. The van der Waals surface area contributed by atoms with Gasteiger partial charge in [-0.15, -0.1) is 11.3 Å². The molecule has 1 aromatic heterocycles. The highest BCUT2D eigenvalue weighted by Crippen LogP contribution is 2.30. The summed E-state index contributed by atoms with van der Waals surface area (Å²) in [5.74, 6) is -0.295. The summed E-state index contributed by atoms with van der Waals surface area (Å²) < 4.78 is 14.6. The van der Waals surface area contributed by atoms with Crippen molar-refractivity contribution in [1.29, 1.82) is 0 Å². The maximum Gasteiger partial charge on any atom is 0.146 e. The van der Waals surface area contributed by atoms with Gasteiger partial charge in [-0.3, -0.25) is 0 Å². The summed E-state index contributed by atoms with van der Waals surface area (Å²) in [5.41, 5.74) is 0.425. The van der Waals surface area contributed by atoms with Crippen LogP contribution in [0.1, 0.15) is 17.8 Å². The van der Waals surface area contributed by atoms with Gasteiger partial charge < -0.3 is 5.32 Å². The minimum atomic E-state index is -0.295. The van der Waals surface area contributed by atoms with E-state index in [2.05, 4.69) is 21.2 Å². The summed E-state index contributed by atoms with van der Waals surface area (Å²) in [6.45, 7) is 1.98. The van der Waals surface area contributed by atoms with Crippen molar-refractivity contribution in [2.24, 2.45) is 0 Å². The number of benzene rings is 1. The third-order valence-corrected chi connectivity index (χ3v) is 4.36. The van der Waals surface area contributed by atoms with Gasteiger partial charge in [-0.05, 0) is 53.2 Å². The molecule has 2 rings (SSSR count). The number of halogens is 3. The van der Waals surface area contributed by atoms with Crippen LogP contribution < -0.4 is 5.32 Å². The molecule has 17 heavy (non-hydrogen) atoms. The van der Waals surface area contributed by atoms with Crippen LogP contribution in [0, 0.1) is 5.82 Å². The van der Waals surface area contributed by atoms with E-state index in [1.807, 2.05) is 19.1 Å². The average Bonchev–Trinajstić information content (AvgIpc) is 2.70. The van der Waals surface area contributed by atoms with E-state index in [0.717, 1.165) is 8.66 Å². The van der Waals surface area contributed by atoms with Crippen LogP contribution in [-0.4, -0.2) is 0 Å². The summed E-state index contributed by atoms with van der Waals surface area (Å²) in [4.78, 5) is 1.14. The van der Waals surface area contributed by atoms with Crippen molar-refractivity contribution in [1.82, 2.24) is 0 Å². The second kappa shape index (κ2) is 5.38. The molecular weight excluding hydrogens is 325 g/mol. The number of rotatable bonds is 3. The summed E-state index contributed by atoms with van der Waals surface area (Å²) in [6.07, 6.45) is 0. The SMILES string of the molecule is CC(Nc1cc(Cl)ccc1F)c1ccc(Br)s1. The van der Waals surface area contributed by atoms with Gasteiger partial charge in [-0.1, -0.05) is 11.6 Å². The lowest BCUT2D eigenvalue weighted by atomic mass is 10.2. The highest BCUT2D eigenvalue weighted by Gasteiger charge is 2.10. The van der Waals surface area contributed by atoms with Crippen molar-refractivity contribution >= 4 is 44.6 Å². The maximum atomic E-state index is 13.5. The molecule has 0 amide bonds. The topological polar surface area (TPSA) is 12.0 Å². The lowest BCUT2D eigenvalue weighted by Crippen LogP contribution is -2.06. The molecule has 1 atom stereocenters. The molecule has 1 nitrogen and oxygen atoms in total. The van der Waals surface area contributed by atoms with E-state index in [4.69, 9.17) is 11.6 Å². The zero-order valence-electron chi connectivity index (χ0n) is 9.01. The number of nitrogens with one attached hydrogen (secondary N) is 1. The van der Waals surface area contributed by atoms with Gasteiger partial charge in [-0.2, -0.15) is 0 Å². The van der Waals surface area contributed by atoms with E-state index >= 15 is 0 Å². The van der Waals surface area contributed by atoms with E-state index in [1.54, 1.807) is 17.4 Å². The Balaban J connectivity index is 2.18. The van der Waals surface area contributed by atoms with Gasteiger partial charge in [0.1, 0.15) is 5.82 Å². The third kappa shape index (κ3) is 3.21. The molecule has 0 spiro atoms. The van der Waals surface area contributed by atoms with Gasteiger partial charge in [0.2, 0.25) is 0 Å². The zero-order chi connectivity index (χ0) is 12.4. The molecule has 0 radical (unpaired) electrons. The monoisotopic (exact) mass is 333 g/mol. The van der Waals surface area contributed by atoms with Crippen LogP contribution in [-0.2, 0) is 0 Å². The van der Waals surface area contributed by atoms with Gasteiger partial charge in [0.05, 0.1) is 15.5 Å². The van der Waals surface area contributed by atoms with Crippen molar-refractivity contribution in [3.8, 4) is 0 Å². The highest BCUT2D eigenvalue weighted by molar-refractivity contribution is 9.11. The van der Waals surface area contributed by atoms with Crippen LogP contribution in [0.2, 0.25) is 5.02 Å². The van der Waals surface area contributed by atoms with Crippen molar-refractivity contribution in [3.05, 3.63) is 49.8 Å². The average molecular weight is 335 g/mol. The first kappa shape index (κ1) is 12.9. The van der Waals surface area contributed by atoms with Gasteiger partial charge in [0, 0.05) is 9.90 Å². The second-order valence-electron chi connectivity index (χ2n) is 3.63. The molecule has 1 aromatic carbocycles. The van der Waals surface area contributed by atoms with Crippen LogP contribution in [0.4, 0.5) is 10.1 Å². The fourth-order valence-electron chi connectivity index (χ4n) is 1.47. The Hall–Kier alpha value is -0.580. The molecule has 0 aliphatic rings. The van der Waals surface area contributed by atoms with Gasteiger partial charge >= 0.3 is 0 Å². The molecule has 0 saturated heterocycles. The van der Waals surface area contributed by atoms with Gasteiger partial charge in [-0.25, -0.2) is 4.39 Å². The first-order valence-electron chi connectivity index (χ1n) is 5.03. The molecule has 0 saturated carbocycles. The molecule has 0 fully saturated rings. The number of hydrogen-bond acceptors (Lipinski definition) is 2. The Bertz CT molecular complexity index is 529. The first-order valence-corrected chi connectivity index (χ1v) is 7.02. The summed E-state index contributed by atoms with van der Waals surface area (Å²) >= 11 is 10.9. The molecule has 1 heterocycles. The standard InChI is InChI=1S/C12H10BrClFNS/c1-7(11-4-5-12(13)17-11)16-10-6-8(14)2-3-9(10)15/h2-7,16H,1H3. The van der Waals surface area contributed by atoms with E-state index in [0.29, 0.717) is 10.7 Å². The number of anilines is 1. The van der Waals surface area contributed by atoms with Crippen LogP contribution >= 0.6 is 38.9 Å². The summed E-state index contributed by atoms with van der Waals surface area (Å²) in [7, 11) is 0. The molecule has 0 bridgehead atoms. The Morgan fingerprint density at radius 1 is 1.35 bits per heavy atom. The van der Waals surface area contributed by atoms with Crippen LogP contribution in [0.5, 0.6) is 0 Å². The molecule has 0 aliphatic heterocycles. The van der Waals surface area contributed by atoms with Crippen LogP contribution in [0.15, 0.2) is 34.1 Å². The molecule has 1 N–H and O–H groups in total. The first-order chi connectivity index (χ1) is 8.06. The molecule has 1 unspecified atom stereocenters. The van der Waals surface area contributed by atoms with Crippen LogP contribution in [0.25, 0.3) is 0 Å². The predicted octanol–water partition coefficient (Wildman–Crippen LogP) is 5.48. The molecule has 90 valence electrons. The number of thiophene rings is 1. The molecule has 0 aliphatic carbocycles. The van der Waals surface area contributed by atoms with Crippen molar-refractivity contribution < 1.29 is 4.39 Å². The predicted molar refractivity (Wildman–Crippen MR) is 75.5 cm³/mol. The summed E-state index contributed by atoms with van der Waals surface area (Å²) in [5, 5.41) is 3.63. The Kier molecular flexibility index (Phi) is 4.07. The smallest absolute Gasteiger partial charge is 0.146 e.